The van der Waals surface area contributed by atoms with Crippen LogP contribution in [0.1, 0.15) is 71.6 Å². The van der Waals surface area contributed by atoms with Crippen molar-refractivity contribution in [3.05, 3.63) is 11.6 Å². The van der Waals surface area contributed by atoms with Crippen molar-refractivity contribution in [3.63, 3.8) is 0 Å². The van der Waals surface area contributed by atoms with Crippen LogP contribution >= 0.6 is 0 Å². The SMILES string of the molecule is C[C@@]12CCC[C@H]1[C@@H]1CC=C3CC(O)(O)CC[C@]3(C)[C@H]1CC2. The first-order valence-electron chi connectivity index (χ1n) is 8.98. The molecule has 2 nitrogen and oxygen atoms in total. The van der Waals surface area contributed by atoms with E-state index in [1.807, 2.05) is 0 Å². The maximum atomic E-state index is 10.0. The van der Waals surface area contributed by atoms with E-state index < -0.39 is 5.79 Å². The molecule has 4 aliphatic carbocycles. The summed E-state index contributed by atoms with van der Waals surface area (Å²) in [4.78, 5) is 0. The molecule has 0 heterocycles. The van der Waals surface area contributed by atoms with Gasteiger partial charge in [-0.1, -0.05) is 31.9 Å². The molecule has 118 valence electrons. The lowest BCUT2D eigenvalue weighted by atomic mass is 9.48. The fourth-order valence-electron chi connectivity index (χ4n) is 6.62. The highest BCUT2D eigenvalue weighted by Crippen LogP contribution is 2.65. The Labute approximate surface area is 128 Å². The van der Waals surface area contributed by atoms with Gasteiger partial charge < -0.3 is 10.2 Å². The number of hydrogen-bond acceptors (Lipinski definition) is 2. The first kappa shape index (κ1) is 14.3. The minimum Gasteiger partial charge on any atom is -0.365 e. The molecule has 0 aliphatic heterocycles. The molecule has 0 bridgehead atoms. The van der Waals surface area contributed by atoms with E-state index in [4.69, 9.17) is 0 Å². The van der Waals surface area contributed by atoms with Crippen LogP contribution in [-0.4, -0.2) is 16.0 Å². The predicted octanol–water partition coefficient (Wildman–Crippen LogP) is 4.02. The standard InChI is InChI=1S/C19H30O2/c1-17-8-3-4-15(17)14-6-5-13-12-19(20,21)11-10-18(13,2)16(14)7-9-17/h5,14-16,20-21H,3-4,6-12H2,1-2H3/t14-,15-,16-,17-,18-/m0/s1. The second-order valence-electron chi connectivity index (χ2n) is 9.00. The summed E-state index contributed by atoms with van der Waals surface area (Å²) >= 11 is 0. The van der Waals surface area contributed by atoms with Crippen LogP contribution in [-0.2, 0) is 0 Å². The molecule has 5 atom stereocenters. The van der Waals surface area contributed by atoms with Gasteiger partial charge in [-0.25, -0.2) is 0 Å². The van der Waals surface area contributed by atoms with E-state index in [1.54, 1.807) is 0 Å². The van der Waals surface area contributed by atoms with Crippen LogP contribution in [0.5, 0.6) is 0 Å². The Morgan fingerprint density at radius 1 is 1.00 bits per heavy atom. The van der Waals surface area contributed by atoms with Gasteiger partial charge >= 0.3 is 0 Å². The van der Waals surface area contributed by atoms with Gasteiger partial charge in [-0.05, 0) is 67.1 Å². The molecule has 3 fully saturated rings. The third-order valence-electron chi connectivity index (χ3n) is 7.92. The first-order valence-corrected chi connectivity index (χ1v) is 8.98. The zero-order chi connectivity index (χ0) is 14.9. The molecule has 0 aromatic carbocycles. The molecule has 2 N–H and O–H groups in total. The van der Waals surface area contributed by atoms with Gasteiger partial charge in [0.05, 0.1) is 0 Å². The quantitative estimate of drug-likeness (QED) is 0.522. The van der Waals surface area contributed by atoms with Gasteiger partial charge in [-0.3, -0.25) is 0 Å². The zero-order valence-corrected chi connectivity index (χ0v) is 13.6. The van der Waals surface area contributed by atoms with Crippen molar-refractivity contribution in [3.8, 4) is 0 Å². The van der Waals surface area contributed by atoms with Crippen molar-refractivity contribution in [2.24, 2.45) is 28.6 Å². The Hall–Kier alpha value is -0.340. The Morgan fingerprint density at radius 2 is 1.81 bits per heavy atom. The average molecular weight is 290 g/mol. The largest absolute Gasteiger partial charge is 0.365 e. The molecule has 0 aromatic rings. The van der Waals surface area contributed by atoms with Gasteiger partial charge in [0.15, 0.2) is 5.79 Å². The van der Waals surface area contributed by atoms with Crippen LogP contribution < -0.4 is 0 Å². The van der Waals surface area contributed by atoms with E-state index in [0.717, 1.165) is 24.2 Å². The summed E-state index contributed by atoms with van der Waals surface area (Å²) in [7, 11) is 0. The summed E-state index contributed by atoms with van der Waals surface area (Å²) in [5.74, 6) is 1.10. The van der Waals surface area contributed by atoms with E-state index >= 15 is 0 Å². The van der Waals surface area contributed by atoms with E-state index in [2.05, 4.69) is 19.9 Å². The fraction of sp³-hybridized carbons (Fsp3) is 0.895. The molecular weight excluding hydrogens is 260 g/mol. The minimum absolute atomic E-state index is 0.238. The zero-order valence-electron chi connectivity index (χ0n) is 13.6. The molecule has 0 aromatic heterocycles. The Morgan fingerprint density at radius 3 is 2.62 bits per heavy atom. The highest BCUT2D eigenvalue weighted by atomic mass is 16.5. The maximum Gasteiger partial charge on any atom is 0.166 e. The number of rotatable bonds is 0. The van der Waals surface area contributed by atoms with Gasteiger partial charge in [0.2, 0.25) is 0 Å². The average Bonchev–Trinajstić information content (AvgIpc) is 2.81. The summed E-state index contributed by atoms with van der Waals surface area (Å²) in [6, 6.07) is 0. The second kappa shape index (κ2) is 4.35. The fourth-order valence-corrected chi connectivity index (χ4v) is 6.62. The first-order chi connectivity index (χ1) is 9.84. The van der Waals surface area contributed by atoms with Gasteiger partial charge in [-0.2, -0.15) is 0 Å². The molecule has 0 saturated heterocycles. The van der Waals surface area contributed by atoms with E-state index in [0.29, 0.717) is 18.3 Å². The van der Waals surface area contributed by atoms with Crippen molar-refractivity contribution in [2.75, 3.05) is 0 Å². The van der Waals surface area contributed by atoms with Crippen molar-refractivity contribution in [2.45, 2.75) is 77.4 Å². The molecule has 4 aliphatic rings. The maximum absolute atomic E-state index is 10.0. The molecule has 3 saturated carbocycles. The second-order valence-corrected chi connectivity index (χ2v) is 9.00. The highest BCUT2D eigenvalue weighted by molar-refractivity contribution is 5.25. The molecule has 21 heavy (non-hydrogen) atoms. The molecule has 0 amide bonds. The Balaban J connectivity index is 1.68. The Kier molecular flexibility index (Phi) is 2.96. The van der Waals surface area contributed by atoms with Crippen molar-refractivity contribution in [1.29, 1.82) is 0 Å². The van der Waals surface area contributed by atoms with Gasteiger partial charge in [0, 0.05) is 12.8 Å². The smallest absolute Gasteiger partial charge is 0.166 e. The van der Waals surface area contributed by atoms with E-state index in [9.17, 15) is 10.2 Å². The van der Waals surface area contributed by atoms with Crippen LogP contribution in [0, 0.1) is 28.6 Å². The summed E-state index contributed by atoms with van der Waals surface area (Å²) < 4.78 is 0. The van der Waals surface area contributed by atoms with Crippen LogP contribution in [0.3, 0.4) is 0 Å². The lowest BCUT2D eigenvalue weighted by Gasteiger charge is -2.57. The van der Waals surface area contributed by atoms with Crippen LogP contribution in [0.2, 0.25) is 0 Å². The van der Waals surface area contributed by atoms with Gasteiger partial charge in [0.25, 0.3) is 0 Å². The normalized spacial score (nSPS) is 51.6. The molecular formula is C19H30O2. The number of fused-ring (bicyclic) bond motifs is 5. The van der Waals surface area contributed by atoms with Crippen LogP contribution in [0.25, 0.3) is 0 Å². The summed E-state index contributed by atoms with van der Waals surface area (Å²) in [6.07, 6.45) is 12.6. The molecule has 0 unspecified atom stereocenters. The summed E-state index contributed by atoms with van der Waals surface area (Å²) in [5, 5.41) is 20.1. The van der Waals surface area contributed by atoms with Crippen LogP contribution in [0.4, 0.5) is 0 Å². The lowest BCUT2D eigenvalue weighted by Crippen LogP contribution is -2.51. The monoisotopic (exact) mass is 290 g/mol. The summed E-state index contributed by atoms with van der Waals surface area (Å²) in [5.41, 5.74) is 2.19. The molecule has 4 rings (SSSR count). The van der Waals surface area contributed by atoms with Crippen molar-refractivity contribution in [1.82, 2.24) is 0 Å². The lowest BCUT2D eigenvalue weighted by molar-refractivity contribution is -0.188. The van der Waals surface area contributed by atoms with Crippen molar-refractivity contribution >= 4 is 0 Å². The van der Waals surface area contributed by atoms with E-state index in [1.165, 1.54) is 44.1 Å². The molecule has 2 heteroatoms. The van der Waals surface area contributed by atoms with E-state index in [-0.39, 0.29) is 5.41 Å². The number of hydrogen-bond donors (Lipinski definition) is 2. The Bertz CT molecular complexity index is 480. The van der Waals surface area contributed by atoms with Crippen molar-refractivity contribution < 1.29 is 10.2 Å². The minimum atomic E-state index is -1.45. The van der Waals surface area contributed by atoms with Gasteiger partial charge in [0.1, 0.15) is 0 Å². The highest BCUT2D eigenvalue weighted by Gasteiger charge is 2.56. The topological polar surface area (TPSA) is 40.5 Å². The summed E-state index contributed by atoms with van der Waals surface area (Å²) in [6.45, 7) is 4.96. The molecule has 0 radical (unpaired) electrons. The van der Waals surface area contributed by atoms with Crippen LogP contribution in [0.15, 0.2) is 11.6 Å². The third kappa shape index (κ3) is 1.98. The predicted molar refractivity (Wildman–Crippen MR) is 83.5 cm³/mol. The van der Waals surface area contributed by atoms with Gasteiger partial charge in [-0.15, -0.1) is 0 Å². The molecule has 0 spiro atoms. The number of allylic oxidation sites excluding steroid dienone is 1. The third-order valence-corrected chi connectivity index (χ3v) is 7.92. The number of aliphatic hydroxyl groups is 2.